The second kappa shape index (κ2) is 5.34. The van der Waals surface area contributed by atoms with E-state index in [2.05, 4.69) is 35.4 Å². The number of thioether (sulfide) groups is 1. The van der Waals surface area contributed by atoms with Crippen molar-refractivity contribution in [3.63, 3.8) is 0 Å². The van der Waals surface area contributed by atoms with Crippen LogP contribution in [0.5, 0.6) is 0 Å². The highest BCUT2D eigenvalue weighted by Crippen LogP contribution is 2.33. The van der Waals surface area contributed by atoms with Gasteiger partial charge in [-0.25, -0.2) is 9.97 Å². The molecule has 4 rings (SSSR count). The van der Waals surface area contributed by atoms with Crippen LogP contribution in [0.3, 0.4) is 0 Å². The third kappa shape index (κ3) is 2.31. The number of hydrogen-bond donors (Lipinski definition) is 0. The van der Waals surface area contributed by atoms with E-state index in [4.69, 9.17) is 9.97 Å². The van der Waals surface area contributed by atoms with Crippen LogP contribution in [0.15, 0.2) is 29.2 Å². The van der Waals surface area contributed by atoms with Crippen LogP contribution in [0.4, 0.5) is 5.95 Å². The van der Waals surface area contributed by atoms with Crippen LogP contribution in [0.25, 0.3) is 11.3 Å². The number of fused-ring (bicyclic) bond motifs is 1. The van der Waals surface area contributed by atoms with Gasteiger partial charge in [-0.2, -0.15) is 0 Å². The van der Waals surface area contributed by atoms with E-state index in [1.807, 2.05) is 0 Å². The third-order valence-corrected chi connectivity index (χ3v) is 5.13. The Morgan fingerprint density at radius 2 is 2.00 bits per heavy atom. The van der Waals surface area contributed by atoms with Crippen molar-refractivity contribution in [3.05, 3.63) is 35.5 Å². The highest BCUT2D eigenvalue weighted by atomic mass is 32.2. The first-order valence-corrected chi connectivity index (χ1v) is 8.87. The van der Waals surface area contributed by atoms with Crippen LogP contribution in [-0.2, 0) is 12.8 Å². The minimum absolute atomic E-state index is 0.937. The zero-order valence-corrected chi connectivity index (χ0v) is 13.1. The number of hydrogen-bond acceptors (Lipinski definition) is 4. The van der Waals surface area contributed by atoms with Crippen LogP contribution < -0.4 is 4.90 Å². The topological polar surface area (TPSA) is 29.0 Å². The van der Waals surface area contributed by atoms with Crippen LogP contribution in [-0.4, -0.2) is 29.3 Å². The van der Waals surface area contributed by atoms with Crippen molar-refractivity contribution in [3.8, 4) is 11.3 Å². The lowest BCUT2D eigenvalue weighted by Gasteiger charge is -2.31. The Labute approximate surface area is 129 Å². The number of rotatable bonds is 3. The molecule has 2 aromatic rings. The fraction of sp³-hybridized carbons (Fsp3) is 0.412. The van der Waals surface area contributed by atoms with E-state index in [1.54, 1.807) is 11.8 Å². The predicted molar refractivity (Wildman–Crippen MR) is 88.1 cm³/mol. The van der Waals surface area contributed by atoms with Crippen molar-refractivity contribution in [1.82, 2.24) is 9.97 Å². The lowest BCUT2D eigenvalue weighted by Crippen LogP contribution is -2.38. The fourth-order valence-corrected chi connectivity index (χ4v) is 3.55. The maximum absolute atomic E-state index is 4.92. The average molecular weight is 297 g/mol. The molecule has 2 aliphatic rings. The summed E-state index contributed by atoms with van der Waals surface area (Å²) in [5.74, 6) is 0.937. The van der Waals surface area contributed by atoms with Crippen molar-refractivity contribution >= 4 is 17.7 Å². The molecular weight excluding hydrogens is 278 g/mol. The van der Waals surface area contributed by atoms with Crippen LogP contribution in [0, 0.1) is 0 Å². The molecule has 108 valence electrons. The van der Waals surface area contributed by atoms with Gasteiger partial charge < -0.3 is 4.90 Å². The Balaban J connectivity index is 1.84. The minimum atomic E-state index is 0.937. The Morgan fingerprint density at radius 3 is 2.76 bits per heavy atom. The zero-order valence-electron chi connectivity index (χ0n) is 12.3. The minimum Gasteiger partial charge on any atom is -0.341 e. The van der Waals surface area contributed by atoms with E-state index in [0.717, 1.165) is 37.6 Å². The molecule has 0 N–H and O–H groups in total. The van der Waals surface area contributed by atoms with Gasteiger partial charge in [-0.1, -0.05) is 12.1 Å². The number of anilines is 1. The van der Waals surface area contributed by atoms with Crippen molar-refractivity contribution in [2.45, 2.75) is 30.6 Å². The van der Waals surface area contributed by atoms with E-state index in [9.17, 15) is 0 Å². The molecular formula is C17H19N3S. The summed E-state index contributed by atoms with van der Waals surface area (Å²) in [6, 6.07) is 8.73. The van der Waals surface area contributed by atoms with Gasteiger partial charge in [0, 0.05) is 34.8 Å². The second-order valence-corrected chi connectivity index (χ2v) is 6.60. The molecule has 2 heterocycles. The Morgan fingerprint density at radius 1 is 1.10 bits per heavy atom. The summed E-state index contributed by atoms with van der Waals surface area (Å²) in [6.07, 6.45) is 6.82. The summed E-state index contributed by atoms with van der Waals surface area (Å²) < 4.78 is 0. The standard InChI is InChI=1S/C17H19N3S/c1-21-13-6-2-5-12(11-13)16-14-7-3-8-15(14)18-17(19-16)20-9-4-10-20/h2,5-6,11H,3-4,7-10H2,1H3. The molecule has 0 spiro atoms. The quantitative estimate of drug-likeness (QED) is 0.810. The Kier molecular flexibility index (Phi) is 3.34. The number of benzene rings is 1. The van der Waals surface area contributed by atoms with E-state index < -0.39 is 0 Å². The Hall–Kier alpha value is -1.55. The van der Waals surface area contributed by atoms with Crippen LogP contribution in [0.2, 0.25) is 0 Å². The summed E-state index contributed by atoms with van der Waals surface area (Å²) in [4.78, 5) is 13.3. The molecule has 1 aliphatic carbocycles. The van der Waals surface area contributed by atoms with Crippen molar-refractivity contribution < 1.29 is 0 Å². The molecule has 1 saturated heterocycles. The maximum atomic E-state index is 4.92. The van der Waals surface area contributed by atoms with Gasteiger partial charge in [-0.15, -0.1) is 11.8 Å². The molecule has 21 heavy (non-hydrogen) atoms. The van der Waals surface area contributed by atoms with Gasteiger partial charge in [0.05, 0.1) is 5.69 Å². The van der Waals surface area contributed by atoms with Crippen LogP contribution >= 0.6 is 11.8 Å². The summed E-state index contributed by atoms with van der Waals surface area (Å²) in [5, 5.41) is 0. The number of aromatic nitrogens is 2. The smallest absolute Gasteiger partial charge is 0.226 e. The molecule has 1 fully saturated rings. The monoisotopic (exact) mass is 297 g/mol. The SMILES string of the molecule is CSc1cccc(-c2nc(N3CCC3)nc3c2CCC3)c1. The first-order valence-electron chi connectivity index (χ1n) is 7.64. The maximum Gasteiger partial charge on any atom is 0.226 e. The molecule has 0 atom stereocenters. The molecule has 0 radical (unpaired) electrons. The summed E-state index contributed by atoms with van der Waals surface area (Å²) >= 11 is 1.78. The lowest BCUT2D eigenvalue weighted by atomic mass is 10.1. The number of nitrogens with zero attached hydrogens (tertiary/aromatic N) is 3. The normalized spacial score (nSPS) is 16.7. The second-order valence-electron chi connectivity index (χ2n) is 5.72. The van der Waals surface area contributed by atoms with Gasteiger partial charge >= 0.3 is 0 Å². The largest absolute Gasteiger partial charge is 0.341 e. The van der Waals surface area contributed by atoms with Gasteiger partial charge in [0.1, 0.15) is 0 Å². The molecule has 0 saturated carbocycles. The lowest BCUT2D eigenvalue weighted by molar-refractivity contribution is 0.599. The first-order chi connectivity index (χ1) is 10.3. The average Bonchev–Trinajstić information content (AvgIpc) is 2.93. The zero-order chi connectivity index (χ0) is 14.2. The van der Waals surface area contributed by atoms with Gasteiger partial charge in [-0.05, 0) is 44.1 Å². The molecule has 1 aromatic heterocycles. The third-order valence-electron chi connectivity index (χ3n) is 4.40. The number of aryl methyl sites for hydroxylation is 1. The van der Waals surface area contributed by atoms with Gasteiger partial charge in [-0.3, -0.25) is 0 Å². The molecule has 4 heteroatoms. The van der Waals surface area contributed by atoms with Crippen molar-refractivity contribution in [2.75, 3.05) is 24.2 Å². The van der Waals surface area contributed by atoms with Crippen molar-refractivity contribution in [1.29, 1.82) is 0 Å². The van der Waals surface area contributed by atoms with Crippen LogP contribution in [0.1, 0.15) is 24.1 Å². The van der Waals surface area contributed by atoms with E-state index in [1.165, 1.54) is 34.6 Å². The van der Waals surface area contributed by atoms with Gasteiger partial charge in [0.2, 0.25) is 5.95 Å². The highest BCUT2D eigenvalue weighted by molar-refractivity contribution is 7.98. The summed E-state index contributed by atoms with van der Waals surface area (Å²) in [6.45, 7) is 2.20. The van der Waals surface area contributed by atoms with E-state index in [0.29, 0.717) is 0 Å². The molecule has 0 unspecified atom stereocenters. The molecule has 1 aromatic carbocycles. The van der Waals surface area contributed by atoms with Crippen molar-refractivity contribution in [2.24, 2.45) is 0 Å². The highest BCUT2D eigenvalue weighted by Gasteiger charge is 2.24. The molecule has 0 bridgehead atoms. The molecule has 1 aliphatic heterocycles. The van der Waals surface area contributed by atoms with E-state index in [-0.39, 0.29) is 0 Å². The van der Waals surface area contributed by atoms with E-state index >= 15 is 0 Å². The van der Waals surface area contributed by atoms with Gasteiger partial charge in [0.15, 0.2) is 0 Å². The van der Waals surface area contributed by atoms with Gasteiger partial charge in [0.25, 0.3) is 0 Å². The predicted octanol–water partition coefficient (Wildman–Crippen LogP) is 3.56. The summed E-state index contributed by atoms with van der Waals surface area (Å²) in [7, 11) is 0. The first kappa shape index (κ1) is 13.1. The fourth-order valence-electron chi connectivity index (χ4n) is 3.09. The Bertz CT molecular complexity index is 680. The summed E-state index contributed by atoms with van der Waals surface area (Å²) in [5.41, 5.74) is 5.05. The molecule has 0 amide bonds. The molecule has 3 nitrogen and oxygen atoms in total.